The fourth-order valence-corrected chi connectivity index (χ4v) is 10.4. The third-order valence-corrected chi connectivity index (χ3v) is 13.2. The lowest BCUT2D eigenvalue weighted by Crippen LogP contribution is -2.09. The number of benzene rings is 9. The quantitative estimate of drug-likeness (QED) is 0.147. The van der Waals surface area contributed by atoms with E-state index in [0.29, 0.717) is 0 Å². The zero-order valence-electron chi connectivity index (χ0n) is 32.9. The van der Waals surface area contributed by atoms with Crippen LogP contribution < -0.4 is 4.90 Å². The van der Waals surface area contributed by atoms with E-state index in [1.165, 1.54) is 91.8 Å². The van der Waals surface area contributed by atoms with Crippen LogP contribution in [-0.2, 0) is 0 Å². The van der Waals surface area contributed by atoms with Gasteiger partial charge in [-0.3, -0.25) is 0 Å². The minimum atomic E-state index is 1.11. The van der Waals surface area contributed by atoms with E-state index in [9.17, 15) is 0 Å². The highest BCUT2D eigenvalue weighted by molar-refractivity contribution is 7.20. The molecule has 9 aromatic carbocycles. The SMILES string of the molecule is C/C=C\c1sc2c(-n3c4ccccc4c4c(-c5cccc(N(c6ccccc6)c6ccc(-c7ccc8c(ccc9ccccc98)c7)cc6)c5)cccc43)cccc2c1C. The molecule has 0 saturated carbocycles. The largest absolute Gasteiger partial charge is 0.310 e. The predicted octanol–water partition coefficient (Wildman–Crippen LogP) is 16.5. The van der Waals surface area contributed by atoms with Crippen molar-refractivity contribution >= 4 is 87.9 Å². The summed E-state index contributed by atoms with van der Waals surface area (Å²) in [5, 5.41) is 8.93. The second-order valence-corrected chi connectivity index (χ2v) is 16.3. The van der Waals surface area contributed by atoms with E-state index >= 15 is 0 Å². The number of anilines is 3. The first-order chi connectivity index (χ1) is 29.1. The van der Waals surface area contributed by atoms with Gasteiger partial charge in [-0.1, -0.05) is 140 Å². The molecule has 0 aliphatic carbocycles. The van der Waals surface area contributed by atoms with Crippen LogP contribution >= 0.6 is 11.3 Å². The summed E-state index contributed by atoms with van der Waals surface area (Å²) < 4.78 is 3.79. The molecule has 0 aliphatic heterocycles. The van der Waals surface area contributed by atoms with Crippen molar-refractivity contribution in [1.29, 1.82) is 0 Å². The molecule has 0 N–H and O–H groups in total. The molecule has 0 saturated heterocycles. The Labute approximate surface area is 348 Å². The molecular weight excluding hydrogens is 733 g/mol. The van der Waals surface area contributed by atoms with Gasteiger partial charge in [-0.15, -0.1) is 11.3 Å². The highest BCUT2D eigenvalue weighted by Gasteiger charge is 2.20. The third-order valence-electron chi connectivity index (χ3n) is 11.9. The number of rotatable bonds is 7. The molecule has 280 valence electrons. The first kappa shape index (κ1) is 35.0. The van der Waals surface area contributed by atoms with Crippen molar-refractivity contribution in [2.24, 2.45) is 0 Å². The molecule has 2 aromatic heterocycles. The van der Waals surface area contributed by atoms with E-state index in [0.717, 1.165) is 17.1 Å². The predicted molar refractivity (Wildman–Crippen MR) is 256 cm³/mol. The number of nitrogens with zero attached hydrogens (tertiary/aromatic N) is 2. The van der Waals surface area contributed by atoms with Crippen LogP contribution in [0, 0.1) is 6.92 Å². The smallest absolute Gasteiger partial charge is 0.0640 e. The van der Waals surface area contributed by atoms with Crippen LogP contribution in [0.5, 0.6) is 0 Å². The number of thiophene rings is 1. The van der Waals surface area contributed by atoms with E-state index in [2.05, 4.69) is 230 Å². The Kier molecular flexibility index (Phi) is 8.49. The minimum absolute atomic E-state index is 1.11. The summed E-state index contributed by atoms with van der Waals surface area (Å²) in [5.41, 5.74) is 13.1. The molecule has 0 aliphatic rings. The van der Waals surface area contributed by atoms with Gasteiger partial charge < -0.3 is 9.47 Å². The molecule has 0 unspecified atom stereocenters. The Bertz CT molecular complexity index is 3400. The van der Waals surface area contributed by atoms with Crippen molar-refractivity contribution in [3.05, 3.63) is 211 Å². The van der Waals surface area contributed by atoms with Crippen LogP contribution in [0.2, 0.25) is 0 Å². The lowest BCUT2D eigenvalue weighted by molar-refractivity contribution is 1.20. The van der Waals surface area contributed by atoms with Gasteiger partial charge in [0, 0.05) is 32.7 Å². The number of para-hydroxylation sites is 2. The number of hydrogen-bond acceptors (Lipinski definition) is 2. The Morgan fingerprint density at radius 2 is 1.14 bits per heavy atom. The normalized spacial score (nSPS) is 11.8. The fourth-order valence-electron chi connectivity index (χ4n) is 9.08. The maximum Gasteiger partial charge on any atom is 0.0640 e. The molecule has 11 aromatic rings. The second kappa shape index (κ2) is 14.3. The first-order valence-corrected chi connectivity index (χ1v) is 21.1. The summed E-state index contributed by atoms with van der Waals surface area (Å²) in [6.45, 7) is 4.34. The molecule has 2 nitrogen and oxygen atoms in total. The van der Waals surface area contributed by atoms with Crippen molar-refractivity contribution < 1.29 is 0 Å². The molecule has 0 radical (unpaired) electrons. The van der Waals surface area contributed by atoms with E-state index in [1.807, 2.05) is 11.3 Å². The lowest BCUT2D eigenvalue weighted by atomic mass is 9.97. The molecule has 0 spiro atoms. The summed E-state index contributed by atoms with van der Waals surface area (Å²) >= 11 is 1.88. The van der Waals surface area contributed by atoms with Crippen LogP contribution in [0.25, 0.3) is 87.5 Å². The van der Waals surface area contributed by atoms with Crippen molar-refractivity contribution in [1.82, 2.24) is 4.57 Å². The first-order valence-electron chi connectivity index (χ1n) is 20.3. The van der Waals surface area contributed by atoms with E-state index in [4.69, 9.17) is 0 Å². The summed E-state index contributed by atoms with van der Waals surface area (Å²) in [7, 11) is 0. The molecule has 11 rings (SSSR count). The van der Waals surface area contributed by atoms with Crippen LogP contribution in [0.4, 0.5) is 17.1 Å². The van der Waals surface area contributed by atoms with Gasteiger partial charge in [0.05, 0.1) is 21.4 Å². The maximum atomic E-state index is 2.48. The van der Waals surface area contributed by atoms with Crippen LogP contribution in [0.1, 0.15) is 17.4 Å². The molecule has 3 heteroatoms. The van der Waals surface area contributed by atoms with Gasteiger partial charge in [0.25, 0.3) is 0 Å². The Balaban J connectivity index is 1.02. The third kappa shape index (κ3) is 5.85. The van der Waals surface area contributed by atoms with Gasteiger partial charge in [0.15, 0.2) is 0 Å². The van der Waals surface area contributed by atoms with Crippen LogP contribution in [-0.4, -0.2) is 4.57 Å². The fraction of sp³-hybridized carbons (Fsp3) is 0.0357. The number of allylic oxidation sites excluding steroid dienone is 1. The van der Waals surface area contributed by atoms with Gasteiger partial charge in [0.2, 0.25) is 0 Å². The average Bonchev–Trinajstić information content (AvgIpc) is 3.81. The van der Waals surface area contributed by atoms with Gasteiger partial charge in [-0.2, -0.15) is 0 Å². The van der Waals surface area contributed by atoms with Crippen molar-refractivity contribution in [2.75, 3.05) is 4.90 Å². The molecule has 0 atom stereocenters. The Hall–Kier alpha value is -7.20. The van der Waals surface area contributed by atoms with E-state index in [-0.39, 0.29) is 0 Å². The molecule has 59 heavy (non-hydrogen) atoms. The Morgan fingerprint density at radius 3 is 2.00 bits per heavy atom. The van der Waals surface area contributed by atoms with Gasteiger partial charge in [0.1, 0.15) is 0 Å². The number of aryl methyl sites for hydroxylation is 1. The standard InChI is InChI=1S/C56H40N2S/c1-3-14-54-37(2)46-22-12-26-53(56(46)59-54)58-51-24-10-9-21-50(51)55-49(23-13-25-52(55)58)41-16-11-19-45(36-41)57(43-17-5-4-6-18-43)44-32-29-38(30-33-44)40-31-34-48-42(35-40)28-27-39-15-7-8-20-47(39)48/h3-36H,1-2H3/b14-3-. The average molecular weight is 773 g/mol. The molecule has 0 amide bonds. The second-order valence-electron chi connectivity index (χ2n) is 15.3. The maximum absolute atomic E-state index is 2.48. The molecular formula is C56H40N2S. The summed E-state index contributed by atoms with van der Waals surface area (Å²) in [5.74, 6) is 0. The van der Waals surface area contributed by atoms with Crippen molar-refractivity contribution in [3.8, 4) is 27.9 Å². The molecule has 2 heterocycles. The monoisotopic (exact) mass is 772 g/mol. The zero-order valence-corrected chi connectivity index (χ0v) is 33.7. The molecule has 0 bridgehead atoms. The Morgan fingerprint density at radius 1 is 0.475 bits per heavy atom. The van der Waals surface area contributed by atoms with Crippen molar-refractivity contribution in [2.45, 2.75) is 13.8 Å². The van der Waals surface area contributed by atoms with E-state index < -0.39 is 0 Å². The zero-order chi connectivity index (χ0) is 39.5. The summed E-state index contributed by atoms with van der Waals surface area (Å²) in [4.78, 5) is 3.68. The minimum Gasteiger partial charge on any atom is -0.310 e. The number of fused-ring (bicyclic) bond motifs is 7. The van der Waals surface area contributed by atoms with Gasteiger partial charge in [-0.05, 0) is 135 Å². The number of aromatic nitrogens is 1. The van der Waals surface area contributed by atoms with Crippen LogP contribution in [0.15, 0.2) is 200 Å². The highest BCUT2D eigenvalue weighted by Crippen LogP contribution is 2.44. The highest BCUT2D eigenvalue weighted by atomic mass is 32.1. The topological polar surface area (TPSA) is 8.17 Å². The van der Waals surface area contributed by atoms with Gasteiger partial charge >= 0.3 is 0 Å². The summed E-state index contributed by atoms with van der Waals surface area (Å²) in [6, 6.07) is 71.1. The van der Waals surface area contributed by atoms with Crippen LogP contribution in [0.3, 0.4) is 0 Å². The summed E-state index contributed by atoms with van der Waals surface area (Å²) in [6.07, 6.45) is 4.37. The van der Waals surface area contributed by atoms with Crippen molar-refractivity contribution in [3.63, 3.8) is 0 Å². The number of hydrogen-bond donors (Lipinski definition) is 0. The lowest BCUT2D eigenvalue weighted by Gasteiger charge is -2.26. The molecule has 0 fully saturated rings. The van der Waals surface area contributed by atoms with E-state index in [1.54, 1.807) is 0 Å². The van der Waals surface area contributed by atoms with Gasteiger partial charge in [-0.25, -0.2) is 0 Å².